The quantitative estimate of drug-likeness (QED) is 0.699. The summed E-state index contributed by atoms with van der Waals surface area (Å²) in [5.41, 5.74) is 2.48. The minimum atomic E-state index is -0.568. The number of hydrogen-bond acceptors (Lipinski definition) is 2. The van der Waals surface area contributed by atoms with Gasteiger partial charge in [0, 0.05) is 17.1 Å². The van der Waals surface area contributed by atoms with Crippen LogP contribution in [0, 0.1) is 6.92 Å². The Morgan fingerprint density at radius 1 is 1.03 bits per heavy atom. The summed E-state index contributed by atoms with van der Waals surface area (Å²) < 4.78 is 0. The monoisotopic (exact) mass is 414 g/mol. The average molecular weight is 415 g/mol. The van der Waals surface area contributed by atoms with E-state index in [-0.39, 0.29) is 23.8 Å². The third-order valence-electron chi connectivity index (χ3n) is 4.79. The van der Waals surface area contributed by atoms with Gasteiger partial charge in [-0.15, -0.1) is 0 Å². The second-order valence-corrected chi connectivity index (χ2v) is 8.79. The summed E-state index contributed by atoms with van der Waals surface area (Å²) in [6.07, 6.45) is 0.766. The second kappa shape index (κ2) is 9.93. The molecule has 29 heavy (non-hydrogen) atoms. The van der Waals surface area contributed by atoms with Crippen LogP contribution in [0.25, 0.3) is 0 Å². The Balaban J connectivity index is 2.35. The molecule has 2 rings (SSSR count). The zero-order chi connectivity index (χ0) is 21.6. The number of halogens is 1. The first-order chi connectivity index (χ1) is 13.6. The molecule has 4 nitrogen and oxygen atoms in total. The molecule has 0 heterocycles. The molecule has 0 bridgehead atoms. The topological polar surface area (TPSA) is 49.4 Å². The zero-order valence-electron chi connectivity index (χ0n) is 18.0. The van der Waals surface area contributed by atoms with Gasteiger partial charge in [0.05, 0.1) is 6.42 Å². The molecule has 1 atom stereocenters. The fourth-order valence-corrected chi connectivity index (χ4v) is 3.45. The third kappa shape index (κ3) is 6.60. The van der Waals surface area contributed by atoms with E-state index in [0.29, 0.717) is 18.0 Å². The van der Waals surface area contributed by atoms with Crippen LogP contribution >= 0.6 is 11.6 Å². The smallest absolute Gasteiger partial charge is 0.243 e. The Kier molecular flexibility index (Phi) is 7.86. The summed E-state index contributed by atoms with van der Waals surface area (Å²) in [6.45, 7) is 10.0. The molecule has 5 heteroatoms. The van der Waals surface area contributed by atoms with Crippen molar-refractivity contribution >= 4 is 23.4 Å². The second-order valence-electron chi connectivity index (χ2n) is 8.38. The van der Waals surface area contributed by atoms with E-state index >= 15 is 0 Å². The molecule has 0 aliphatic carbocycles. The van der Waals surface area contributed by atoms with Gasteiger partial charge in [-0.25, -0.2) is 0 Å². The molecule has 2 aromatic rings. The van der Waals surface area contributed by atoms with Crippen LogP contribution in [-0.4, -0.2) is 28.3 Å². The van der Waals surface area contributed by atoms with Crippen molar-refractivity contribution in [3.63, 3.8) is 0 Å². The summed E-state index contributed by atoms with van der Waals surface area (Å²) >= 11 is 6.35. The first-order valence-electron chi connectivity index (χ1n) is 10.0. The Hall–Kier alpha value is -2.33. The number of hydrogen-bond donors (Lipinski definition) is 1. The molecule has 0 unspecified atom stereocenters. The van der Waals surface area contributed by atoms with Crippen LogP contribution in [0.3, 0.4) is 0 Å². The molecule has 0 spiro atoms. The van der Waals surface area contributed by atoms with Crippen LogP contribution < -0.4 is 5.32 Å². The molecule has 0 radical (unpaired) electrons. The van der Waals surface area contributed by atoms with E-state index < -0.39 is 6.04 Å². The van der Waals surface area contributed by atoms with Gasteiger partial charge in [0.1, 0.15) is 6.04 Å². The Morgan fingerprint density at radius 2 is 1.62 bits per heavy atom. The molecule has 1 N–H and O–H groups in total. The predicted molar refractivity (Wildman–Crippen MR) is 119 cm³/mol. The van der Waals surface area contributed by atoms with Crippen LogP contribution in [-0.2, 0) is 22.6 Å². The predicted octanol–water partition coefficient (Wildman–Crippen LogP) is 4.91. The van der Waals surface area contributed by atoms with Crippen molar-refractivity contribution in [2.75, 3.05) is 0 Å². The maximum Gasteiger partial charge on any atom is 0.243 e. The highest BCUT2D eigenvalue weighted by Gasteiger charge is 2.31. The van der Waals surface area contributed by atoms with Gasteiger partial charge < -0.3 is 10.2 Å². The molecule has 156 valence electrons. The van der Waals surface area contributed by atoms with Crippen molar-refractivity contribution in [3.05, 3.63) is 70.2 Å². The summed E-state index contributed by atoms with van der Waals surface area (Å²) in [7, 11) is 0. The number of aryl methyl sites for hydroxylation is 1. The van der Waals surface area contributed by atoms with Gasteiger partial charge in [0.2, 0.25) is 11.8 Å². The maximum absolute atomic E-state index is 13.4. The molecule has 2 aromatic carbocycles. The largest absolute Gasteiger partial charge is 0.350 e. The molecule has 2 amide bonds. The van der Waals surface area contributed by atoms with Gasteiger partial charge in [-0.1, -0.05) is 61.0 Å². The van der Waals surface area contributed by atoms with E-state index in [4.69, 9.17) is 11.6 Å². The Labute approximate surface area is 179 Å². The Morgan fingerprint density at radius 3 is 2.17 bits per heavy atom. The molecule has 0 aromatic heterocycles. The SMILES string of the molecule is CC[C@H](C(=O)NC(C)(C)C)N(Cc1ccccc1Cl)C(=O)Cc1ccccc1C. The highest BCUT2D eigenvalue weighted by atomic mass is 35.5. The number of amides is 2. The normalized spacial score (nSPS) is 12.3. The lowest BCUT2D eigenvalue weighted by Crippen LogP contribution is -2.53. The van der Waals surface area contributed by atoms with Crippen LogP contribution in [0.1, 0.15) is 50.8 Å². The molecular weight excluding hydrogens is 384 g/mol. The van der Waals surface area contributed by atoms with Crippen LogP contribution in [0.2, 0.25) is 5.02 Å². The van der Waals surface area contributed by atoms with E-state index in [1.54, 1.807) is 11.0 Å². The standard InChI is InChI=1S/C24H31ClN2O2/c1-6-21(23(29)26-24(3,4)5)27(16-19-13-9-10-14-20(19)25)22(28)15-18-12-8-7-11-17(18)2/h7-14,21H,6,15-16H2,1-5H3,(H,26,29)/t21-/m1/s1. The Bertz CT molecular complexity index is 858. The minimum absolute atomic E-state index is 0.0878. The highest BCUT2D eigenvalue weighted by Crippen LogP contribution is 2.21. The lowest BCUT2D eigenvalue weighted by atomic mass is 10.0. The van der Waals surface area contributed by atoms with Crippen LogP contribution in [0.15, 0.2) is 48.5 Å². The van der Waals surface area contributed by atoms with E-state index in [1.165, 1.54) is 0 Å². The van der Waals surface area contributed by atoms with Gasteiger partial charge >= 0.3 is 0 Å². The van der Waals surface area contributed by atoms with Crippen molar-refractivity contribution in [2.45, 2.75) is 65.6 Å². The summed E-state index contributed by atoms with van der Waals surface area (Å²) in [5.74, 6) is -0.236. The van der Waals surface area contributed by atoms with Crippen molar-refractivity contribution in [1.29, 1.82) is 0 Å². The summed E-state index contributed by atoms with van der Waals surface area (Å²) in [4.78, 5) is 28.0. The number of nitrogens with one attached hydrogen (secondary N) is 1. The lowest BCUT2D eigenvalue weighted by Gasteiger charge is -2.33. The number of nitrogens with zero attached hydrogens (tertiary/aromatic N) is 1. The molecule has 0 aliphatic rings. The molecule has 0 saturated carbocycles. The molecular formula is C24H31ClN2O2. The fourth-order valence-electron chi connectivity index (χ4n) is 3.26. The van der Waals surface area contributed by atoms with Crippen molar-refractivity contribution in [2.24, 2.45) is 0 Å². The van der Waals surface area contributed by atoms with E-state index in [9.17, 15) is 9.59 Å². The first-order valence-corrected chi connectivity index (χ1v) is 10.4. The van der Waals surface area contributed by atoms with Crippen LogP contribution in [0.5, 0.6) is 0 Å². The summed E-state index contributed by atoms with van der Waals surface area (Å²) in [5, 5.41) is 3.61. The van der Waals surface area contributed by atoms with Crippen molar-refractivity contribution in [3.8, 4) is 0 Å². The number of carbonyl (C=O) groups is 2. The van der Waals surface area contributed by atoms with E-state index in [0.717, 1.165) is 16.7 Å². The van der Waals surface area contributed by atoms with E-state index in [2.05, 4.69) is 5.32 Å². The summed E-state index contributed by atoms with van der Waals surface area (Å²) in [6, 6.07) is 14.7. The number of carbonyl (C=O) groups excluding carboxylic acids is 2. The van der Waals surface area contributed by atoms with Crippen LogP contribution in [0.4, 0.5) is 0 Å². The molecule has 0 aliphatic heterocycles. The van der Waals surface area contributed by atoms with Gasteiger partial charge in [-0.3, -0.25) is 9.59 Å². The van der Waals surface area contributed by atoms with Gasteiger partial charge in [0.25, 0.3) is 0 Å². The maximum atomic E-state index is 13.4. The minimum Gasteiger partial charge on any atom is -0.350 e. The molecule has 0 fully saturated rings. The van der Waals surface area contributed by atoms with Crippen molar-refractivity contribution in [1.82, 2.24) is 10.2 Å². The zero-order valence-corrected chi connectivity index (χ0v) is 18.7. The van der Waals surface area contributed by atoms with E-state index in [1.807, 2.05) is 77.1 Å². The number of rotatable bonds is 7. The number of benzene rings is 2. The first kappa shape index (κ1) is 23.0. The van der Waals surface area contributed by atoms with Crippen molar-refractivity contribution < 1.29 is 9.59 Å². The third-order valence-corrected chi connectivity index (χ3v) is 5.15. The average Bonchev–Trinajstić information content (AvgIpc) is 2.63. The van der Waals surface area contributed by atoms with Gasteiger partial charge in [0.15, 0.2) is 0 Å². The fraction of sp³-hybridized carbons (Fsp3) is 0.417. The van der Waals surface area contributed by atoms with Gasteiger partial charge in [-0.05, 0) is 56.9 Å². The lowest BCUT2D eigenvalue weighted by molar-refractivity contribution is -0.141. The molecule has 0 saturated heterocycles. The highest BCUT2D eigenvalue weighted by molar-refractivity contribution is 6.31. The van der Waals surface area contributed by atoms with Gasteiger partial charge in [-0.2, -0.15) is 0 Å².